The molecule has 1 fully saturated rings. The normalized spacial score (nSPS) is 23.4. The molecule has 0 aromatic carbocycles. The average Bonchev–Trinajstić information content (AvgIpc) is 1.54. The van der Waals surface area contributed by atoms with Crippen molar-refractivity contribution in [3.8, 4) is 0 Å². The van der Waals surface area contributed by atoms with Crippen LogP contribution in [0.2, 0.25) is 0 Å². The van der Waals surface area contributed by atoms with Crippen LogP contribution < -0.4 is 0 Å². The van der Waals surface area contributed by atoms with Gasteiger partial charge in [-0.3, -0.25) is 4.79 Å². The molecular formula is C9H17NO. The van der Waals surface area contributed by atoms with Gasteiger partial charge in [-0.2, -0.15) is 0 Å². The standard InChI is InChI=1S/C9H17NO/c1-8(2,3)10-7(11)6-9(10,4)5/h6H2,1-5H3. The van der Waals surface area contributed by atoms with Crippen LogP contribution in [0.15, 0.2) is 0 Å². The van der Waals surface area contributed by atoms with E-state index in [4.69, 9.17) is 0 Å². The molecule has 64 valence electrons. The minimum atomic E-state index is -0.0150. The Labute approximate surface area is 68.6 Å². The predicted molar refractivity (Wildman–Crippen MR) is 45.3 cm³/mol. The van der Waals surface area contributed by atoms with Gasteiger partial charge in [-0.05, 0) is 34.6 Å². The molecule has 0 spiro atoms. The zero-order valence-electron chi connectivity index (χ0n) is 8.06. The Kier molecular flexibility index (Phi) is 1.55. The first-order valence-electron chi connectivity index (χ1n) is 4.08. The SMILES string of the molecule is CC(C)(C)N1C(=O)CC1(C)C. The van der Waals surface area contributed by atoms with Gasteiger partial charge in [0.05, 0.1) is 0 Å². The van der Waals surface area contributed by atoms with E-state index in [1.165, 1.54) is 0 Å². The summed E-state index contributed by atoms with van der Waals surface area (Å²) in [5.41, 5.74) is 0.0637. The lowest BCUT2D eigenvalue weighted by atomic mass is 9.82. The minimum absolute atomic E-state index is 0.0150. The molecule has 0 aromatic heterocycles. The number of nitrogens with zero attached hydrogens (tertiary/aromatic N) is 1. The summed E-state index contributed by atoms with van der Waals surface area (Å²) in [7, 11) is 0. The maximum absolute atomic E-state index is 11.2. The average molecular weight is 155 g/mol. The number of carbonyl (C=O) groups is 1. The molecule has 0 radical (unpaired) electrons. The number of carbonyl (C=O) groups excluding carboxylic acids is 1. The number of hydrogen-bond acceptors (Lipinski definition) is 1. The van der Waals surface area contributed by atoms with Gasteiger partial charge in [0.1, 0.15) is 0 Å². The van der Waals surface area contributed by atoms with E-state index >= 15 is 0 Å². The lowest BCUT2D eigenvalue weighted by molar-refractivity contribution is -0.164. The molecule has 1 amide bonds. The van der Waals surface area contributed by atoms with E-state index in [2.05, 4.69) is 34.6 Å². The van der Waals surface area contributed by atoms with Crippen LogP contribution in [0.25, 0.3) is 0 Å². The van der Waals surface area contributed by atoms with Gasteiger partial charge in [-0.25, -0.2) is 0 Å². The Morgan fingerprint density at radius 3 is 1.91 bits per heavy atom. The molecule has 1 rings (SSSR count). The van der Waals surface area contributed by atoms with E-state index in [1.807, 2.05) is 4.90 Å². The van der Waals surface area contributed by atoms with E-state index in [-0.39, 0.29) is 17.0 Å². The number of hydrogen-bond donors (Lipinski definition) is 0. The third kappa shape index (κ3) is 1.26. The van der Waals surface area contributed by atoms with Gasteiger partial charge in [-0.15, -0.1) is 0 Å². The van der Waals surface area contributed by atoms with Crippen LogP contribution in [-0.4, -0.2) is 21.9 Å². The molecule has 11 heavy (non-hydrogen) atoms. The van der Waals surface area contributed by atoms with E-state index in [0.29, 0.717) is 6.42 Å². The van der Waals surface area contributed by atoms with E-state index in [1.54, 1.807) is 0 Å². The molecule has 1 aliphatic heterocycles. The summed E-state index contributed by atoms with van der Waals surface area (Å²) in [4.78, 5) is 13.2. The van der Waals surface area contributed by atoms with Gasteiger partial charge in [-0.1, -0.05) is 0 Å². The van der Waals surface area contributed by atoms with Crippen LogP contribution in [0.3, 0.4) is 0 Å². The quantitative estimate of drug-likeness (QED) is 0.488. The number of likely N-dealkylation sites (tertiary alicyclic amines) is 1. The highest BCUT2D eigenvalue weighted by Crippen LogP contribution is 2.37. The fourth-order valence-corrected chi connectivity index (χ4v) is 2.06. The second kappa shape index (κ2) is 1.99. The second-order valence-corrected chi connectivity index (χ2v) is 4.89. The van der Waals surface area contributed by atoms with Gasteiger partial charge < -0.3 is 4.90 Å². The summed E-state index contributed by atoms with van der Waals surface area (Å²) in [6.07, 6.45) is 0.699. The van der Waals surface area contributed by atoms with Crippen molar-refractivity contribution in [3.63, 3.8) is 0 Å². The van der Waals surface area contributed by atoms with Crippen LogP contribution in [0, 0.1) is 0 Å². The number of β-lactam (4-membered cyclic amide) rings is 1. The van der Waals surface area contributed by atoms with Gasteiger partial charge >= 0.3 is 0 Å². The van der Waals surface area contributed by atoms with Gasteiger partial charge in [0, 0.05) is 17.5 Å². The van der Waals surface area contributed by atoms with Crippen molar-refractivity contribution in [1.82, 2.24) is 4.90 Å². The molecule has 0 atom stereocenters. The van der Waals surface area contributed by atoms with Crippen LogP contribution in [0.4, 0.5) is 0 Å². The summed E-state index contributed by atoms with van der Waals surface area (Å²) in [6.45, 7) is 10.4. The Hall–Kier alpha value is -0.530. The Balaban J connectivity index is 2.80. The summed E-state index contributed by atoms with van der Waals surface area (Å²) in [5, 5.41) is 0. The first-order chi connectivity index (χ1) is 4.75. The van der Waals surface area contributed by atoms with E-state index in [0.717, 1.165) is 0 Å². The molecule has 1 saturated heterocycles. The Morgan fingerprint density at radius 2 is 1.82 bits per heavy atom. The van der Waals surface area contributed by atoms with E-state index < -0.39 is 0 Å². The summed E-state index contributed by atoms with van der Waals surface area (Å²) >= 11 is 0. The van der Waals surface area contributed by atoms with Gasteiger partial charge in [0.15, 0.2) is 0 Å². The zero-order chi connectivity index (χ0) is 8.86. The predicted octanol–water partition coefficient (Wildman–Crippen LogP) is 1.80. The molecule has 0 N–H and O–H groups in total. The summed E-state index contributed by atoms with van der Waals surface area (Å²) in [6, 6.07) is 0. The molecule has 2 nitrogen and oxygen atoms in total. The Bertz CT molecular complexity index is 178. The first kappa shape index (κ1) is 8.57. The molecule has 0 saturated carbocycles. The van der Waals surface area contributed by atoms with Crippen molar-refractivity contribution >= 4 is 5.91 Å². The van der Waals surface area contributed by atoms with Crippen LogP contribution >= 0.6 is 0 Å². The molecule has 0 aliphatic carbocycles. The lowest BCUT2D eigenvalue weighted by Gasteiger charge is -2.55. The Morgan fingerprint density at radius 1 is 1.36 bits per heavy atom. The number of rotatable bonds is 0. The van der Waals surface area contributed by atoms with Crippen molar-refractivity contribution < 1.29 is 4.79 Å². The summed E-state index contributed by atoms with van der Waals surface area (Å²) in [5.74, 6) is 0.280. The topological polar surface area (TPSA) is 20.3 Å². The molecular weight excluding hydrogens is 138 g/mol. The monoisotopic (exact) mass is 155 g/mol. The van der Waals surface area contributed by atoms with Crippen LogP contribution in [0.5, 0.6) is 0 Å². The second-order valence-electron chi connectivity index (χ2n) is 4.89. The van der Waals surface area contributed by atoms with Crippen molar-refractivity contribution in [1.29, 1.82) is 0 Å². The molecule has 0 unspecified atom stereocenters. The maximum atomic E-state index is 11.2. The maximum Gasteiger partial charge on any atom is 0.225 e. The third-order valence-corrected chi connectivity index (χ3v) is 2.11. The molecule has 0 aromatic rings. The first-order valence-corrected chi connectivity index (χ1v) is 4.08. The molecule has 2 heteroatoms. The lowest BCUT2D eigenvalue weighted by Crippen LogP contribution is -2.66. The molecule has 1 aliphatic rings. The highest BCUT2D eigenvalue weighted by molar-refractivity contribution is 5.85. The fourth-order valence-electron chi connectivity index (χ4n) is 2.06. The van der Waals surface area contributed by atoms with Crippen molar-refractivity contribution in [2.45, 2.75) is 52.1 Å². The van der Waals surface area contributed by atoms with Gasteiger partial charge in [0.2, 0.25) is 5.91 Å². The van der Waals surface area contributed by atoms with E-state index in [9.17, 15) is 4.79 Å². The zero-order valence-corrected chi connectivity index (χ0v) is 8.06. The largest absolute Gasteiger partial charge is 0.332 e. The molecule has 0 bridgehead atoms. The van der Waals surface area contributed by atoms with Crippen molar-refractivity contribution in [2.75, 3.05) is 0 Å². The van der Waals surface area contributed by atoms with Crippen LogP contribution in [0.1, 0.15) is 41.0 Å². The highest BCUT2D eigenvalue weighted by atomic mass is 16.2. The van der Waals surface area contributed by atoms with Gasteiger partial charge in [0.25, 0.3) is 0 Å². The molecule has 1 heterocycles. The smallest absolute Gasteiger partial charge is 0.225 e. The fraction of sp³-hybridized carbons (Fsp3) is 0.889. The summed E-state index contributed by atoms with van der Waals surface area (Å²) < 4.78 is 0. The van der Waals surface area contributed by atoms with Crippen LogP contribution in [-0.2, 0) is 4.79 Å². The number of amides is 1. The van der Waals surface area contributed by atoms with Crippen molar-refractivity contribution in [3.05, 3.63) is 0 Å². The minimum Gasteiger partial charge on any atom is -0.332 e. The third-order valence-electron chi connectivity index (χ3n) is 2.11. The highest BCUT2D eigenvalue weighted by Gasteiger charge is 2.48. The van der Waals surface area contributed by atoms with Crippen molar-refractivity contribution in [2.24, 2.45) is 0 Å².